The fraction of sp³-hybridized carbons (Fsp3) is 0.400. The molecule has 2 atom stereocenters. The fourth-order valence-corrected chi connectivity index (χ4v) is 4.42. The van der Waals surface area contributed by atoms with Crippen LogP contribution in [0.25, 0.3) is 11.3 Å². The first-order chi connectivity index (χ1) is 20.0. The van der Waals surface area contributed by atoms with Crippen LogP contribution in [0.5, 0.6) is 11.5 Å². The van der Waals surface area contributed by atoms with Gasteiger partial charge >= 0.3 is 6.18 Å². The van der Waals surface area contributed by atoms with Crippen LogP contribution in [0.4, 0.5) is 17.6 Å². The minimum Gasteiger partial charge on any atom is -0.493 e. The van der Waals surface area contributed by atoms with Crippen molar-refractivity contribution in [3.8, 4) is 22.8 Å². The average molecular weight is 628 g/mol. The Morgan fingerprint density at radius 3 is 2.37 bits per heavy atom. The van der Waals surface area contributed by atoms with Gasteiger partial charge in [-0.25, -0.2) is 9.37 Å². The Labute approximate surface area is 252 Å². The van der Waals surface area contributed by atoms with Crippen LogP contribution in [0.15, 0.2) is 48.5 Å². The van der Waals surface area contributed by atoms with Crippen molar-refractivity contribution in [3.63, 3.8) is 0 Å². The first-order valence-corrected chi connectivity index (χ1v) is 13.7. The van der Waals surface area contributed by atoms with E-state index in [1.54, 1.807) is 13.8 Å². The van der Waals surface area contributed by atoms with E-state index in [9.17, 15) is 32.6 Å². The van der Waals surface area contributed by atoms with Gasteiger partial charge in [0.1, 0.15) is 12.4 Å². The molecule has 234 valence electrons. The molecule has 0 radical (unpaired) electrons. The van der Waals surface area contributed by atoms with Crippen LogP contribution in [0.3, 0.4) is 0 Å². The molecule has 4 N–H and O–H groups in total. The zero-order valence-corrected chi connectivity index (χ0v) is 25.0. The second kappa shape index (κ2) is 13.5. The number of amides is 1. The summed E-state index contributed by atoms with van der Waals surface area (Å²) in [7, 11) is 1.31. The summed E-state index contributed by atoms with van der Waals surface area (Å²) in [4.78, 5) is 17.1. The number of carbonyl (C=O) groups is 1. The van der Waals surface area contributed by atoms with E-state index in [1.165, 1.54) is 50.4 Å². The number of benzene rings is 2. The quantitative estimate of drug-likeness (QED) is 0.201. The molecule has 43 heavy (non-hydrogen) atoms. The van der Waals surface area contributed by atoms with Gasteiger partial charge in [0.05, 0.1) is 36.2 Å². The maximum atomic E-state index is 14.6. The highest BCUT2D eigenvalue weighted by Crippen LogP contribution is 2.40. The lowest BCUT2D eigenvalue weighted by Gasteiger charge is -2.33. The standard InChI is InChI=1S/C30H34ClF4N3O5/c1-6-37-28(3,4)20-13-23(18-7-9-22(32)21(31)11-18)38-26(14-20)29(41,30(33,34)35)16-36-27(40)19-8-10-24(25(12-19)42-5)43-15-17(2)39/h7-14,17,37,39,41H,6,15-16H2,1-5H3,(H,36,40). The average Bonchev–Trinajstić information content (AvgIpc) is 2.94. The molecular formula is C30H34ClF4N3O5. The van der Waals surface area contributed by atoms with Crippen LogP contribution < -0.4 is 20.1 Å². The third-order valence-electron chi connectivity index (χ3n) is 6.68. The van der Waals surface area contributed by atoms with Gasteiger partial charge < -0.3 is 30.3 Å². The van der Waals surface area contributed by atoms with Crippen molar-refractivity contribution in [2.24, 2.45) is 0 Å². The number of nitrogens with one attached hydrogen (secondary N) is 2. The molecular weight excluding hydrogens is 594 g/mol. The van der Waals surface area contributed by atoms with Gasteiger partial charge in [-0.05, 0) is 81.4 Å². The summed E-state index contributed by atoms with van der Waals surface area (Å²) in [5.74, 6) is -1.33. The van der Waals surface area contributed by atoms with Crippen LogP contribution in [-0.2, 0) is 11.1 Å². The van der Waals surface area contributed by atoms with E-state index in [0.717, 1.165) is 12.1 Å². The molecule has 0 saturated heterocycles. The van der Waals surface area contributed by atoms with E-state index in [2.05, 4.69) is 15.6 Å². The second-order valence-electron chi connectivity index (χ2n) is 10.5. The van der Waals surface area contributed by atoms with Crippen molar-refractivity contribution in [2.75, 3.05) is 26.8 Å². The summed E-state index contributed by atoms with van der Waals surface area (Å²) in [6, 6.07) is 10.2. The third-order valence-corrected chi connectivity index (χ3v) is 6.97. The van der Waals surface area contributed by atoms with E-state index in [-0.39, 0.29) is 39.9 Å². The number of rotatable bonds is 12. The SMILES string of the molecule is CCNC(C)(C)c1cc(-c2ccc(F)c(Cl)c2)nc(C(O)(CNC(=O)c2ccc(OCC(C)O)c(OC)c2)C(F)(F)F)c1. The molecule has 1 aromatic heterocycles. The predicted octanol–water partition coefficient (Wildman–Crippen LogP) is 5.33. The predicted molar refractivity (Wildman–Crippen MR) is 154 cm³/mol. The van der Waals surface area contributed by atoms with Crippen LogP contribution >= 0.6 is 11.6 Å². The normalized spacial score (nSPS) is 14.1. The first kappa shape index (κ1) is 34.0. The molecule has 0 aliphatic carbocycles. The minimum atomic E-state index is -5.28. The van der Waals surface area contributed by atoms with E-state index in [4.69, 9.17) is 21.1 Å². The monoisotopic (exact) mass is 627 g/mol. The molecule has 2 aromatic carbocycles. The number of ether oxygens (including phenoxy) is 2. The summed E-state index contributed by atoms with van der Waals surface area (Å²) in [5, 5.41) is 25.7. The summed E-state index contributed by atoms with van der Waals surface area (Å²) in [6.07, 6.45) is -6.05. The third kappa shape index (κ3) is 7.94. The van der Waals surface area contributed by atoms with Gasteiger partial charge in [0.15, 0.2) is 11.5 Å². The summed E-state index contributed by atoms with van der Waals surface area (Å²) >= 11 is 5.93. The molecule has 3 aromatic rings. The molecule has 0 fully saturated rings. The smallest absolute Gasteiger partial charge is 0.424 e. The molecule has 0 bridgehead atoms. The zero-order chi connectivity index (χ0) is 32.2. The van der Waals surface area contributed by atoms with Crippen LogP contribution in [-0.4, -0.2) is 60.2 Å². The van der Waals surface area contributed by atoms with E-state index < -0.39 is 47.4 Å². The lowest BCUT2D eigenvalue weighted by molar-refractivity contribution is -0.265. The van der Waals surface area contributed by atoms with Gasteiger partial charge in [0.2, 0.25) is 5.60 Å². The lowest BCUT2D eigenvalue weighted by Crippen LogP contribution is -2.52. The maximum absolute atomic E-state index is 14.6. The van der Waals surface area contributed by atoms with Gasteiger partial charge in [-0.3, -0.25) is 4.79 Å². The van der Waals surface area contributed by atoms with Crippen molar-refractivity contribution in [1.29, 1.82) is 0 Å². The number of alkyl halides is 3. The fourth-order valence-electron chi connectivity index (χ4n) is 4.24. The van der Waals surface area contributed by atoms with Gasteiger partial charge in [-0.1, -0.05) is 18.5 Å². The lowest BCUT2D eigenvalue weighted by atomic mass is 9.88. The van der Waals surface area contributed by atoms with E-state index in [0.29, 0.717) is 12.1 Å². The highest BCUT2D eigenvalue weighted by atomic mass is 35.5. The molecule has 1 amide bonds. The highest BCUT2D eigenvalue weighted by molar-refractivity contribution is 6.31. The number of pyridine rings is 1. The number of hydrogen-bond donors (Lipinski definition) is 4. The van der Waals surface area contributed by atoms with E-state index >= 15 is 0 Å². The molecule has 8 nitrogen and oxygen atoms in total. The van der Waals surface area contributed by atoms with Gasteiger partial charge in [-0.2, -0.15) is 13.2 Å². The van der Waals surface area contributed by atoms with Crippen molar-refractivity contribution in [3.05, 3.63) is 76.2 Å². The molecule has 0 saturated carbocycles. The number of halogens is 5. The molecule has 1 heterocycles. The molecule has 0 aliphatic heterocycles. The Morgan fingerprint density at radius 1 is 1.09 bits per heavy atom. The highest BCUT2D eigenvalue weighted by Gasteiger charge is 2.56. The molecule has 0 aliphatic rings. The molecule has 2 unspecified atom stereocenters. The Bertz CT molecular complexity index is 1450. The molecule has 0 spiro atoms. The Hall–Kier alpha value is -3.45. The second-order valence-corrected chi connectivity index (χ2v) is 10.9. The van der Waals surface area contributed by atoms with Crippen molar-refractivity contribution < 1.29 is 42.0 Å². The Balaban J connectivity index is 2.04. The van der Waals surface area contributed by atoms with Crippen molar-refractivity contribution >= 4 is 17.5 Å². The summed E-state index contributed by atoms with van der Waals surface area (Å²) in [6.45, 7) is 5.98. The summed E-state index contributed by atoms with van der Waals surface area (Å²) in [5.41, 5.74) is -4.76. The largest absolute Gasteiger partial charge is 0.493 e. The van der Waals surface area contributed by atoms with Crippen molar-refractivity contribution in [2.45, 2.75) is 51.1 Å². The summed E-state index contributed by atoms with van der Waals surface area (Å²) < 4.78 is 68.3. The van der Waals surface area contributed by atoms with Gasteiger partial charge in [-0.15, -0.1) is 0 Å². The van der Waals surface area contributed by atoms with Crippen LogP contribution in [0, 0.1) is 5.82 Å². The van der Waals surface area contributed by atoms with Crippen molar-refractivity contribution in [1.82, 2.24) is 15.6 Å². The number of carbonyl (C=O) groups excluding carboxylic acids is 1. The number of aliphatic hydroxyl groups excluding tert-OH is 1. The van der Waals surface area contributed by atoms with Gasteiger partial charge in [0, 0.05) is 16.7 Å². The number of hydrogen-bond acceptors (Lipinski definition) is 7. The zero-order valence-electron chi connectivity index (χ0n) is 24.3. The minimum absolute atomic E-state index is 0.00639. The number of nitrogens with zero attached hydrogens (tertiary/aromatic N) is 1. The maximum Gasteiger partial charge on any atom is 0.424 e. The Kier molecular flexibility index (Phi) is 10.7. The van der Waals surface area contributed by atoms with Crippen LogP contribution in [0.1, 0.15) is 49.3 Å². The van der Waals surface area contributed by atoms with Crippen LogP contribution in [0.2, 0.25) is 5.02 Å². The van der Waals surface area contributed by atoms with E-state index in [1.807, 2.05) is 6.92 Å². The topological polar surface area (TPSA) is 113 Å². The number of methoxy groups -OCH3 is 1. The molecule has 13 heteroatoms. The van der Waals surface area contributed by atoms with Gasteiger partial charge in [0.25, 0.3) is 5.91 Å². The number of aliphatic hydroxyl groups is 2. The first-order valence-electron chi connectivity index (χ1n) is 13.3. The Morgan fingerprint density at radius 2 is 1.79 bits per heavy atom. The number of aromatic nitrogens is 1. The molecule has 3 rings (SSSR count).